The highest BCUT2D eigenvalue weighted by Crippen LogP contribution is 2.32. The molecule has 0 radical (unpaired) electrons. The molecule has 5 rings (SSSR count). The Labute approximate surface area is 181 Å². The van der Waals surface area contributed by atoms with Crippen LogP contribution in [0.1, 0.15) is 10.4 Å². The van der Waals surface area contributed by atoms with E-state index in [-0.39, 0.29) is 30.4 Å². The number of ether oxygens (including phenoxy) is 1. The molecule has 3 heterocycles. The van der Waals surface area contributed by atoms with Crippen LogP contribution < -0.4 is 15.2 Å². The van der Waals surface area contributed by atoms with Gasteiger partial charge in [-0.2, -0.15) is 0 Å². The number of thiophene rings is 1. The van der Waals surface area contributed by atoms with Crippen LogP contribution in [-0.4, -0.2) is 34.9 Å². The first-order chi connectivity index (χ1) is 15.0. The number of aromatic nitrogens is 2. The molecule has 0 unspecified atom stereocenters. The number of nitrogens with zero attached hydrogens (tertiary/aromatic N) is 3. The number of ketones is 1. The van der Waals surface area contributed by atoms with E-state index < -0.39 is 0 Å². The SMILES string of the molecule is CN1C(=O)COc2ccc(C(=O)Cn3cnc4sc(-c5ccccc5)cc4c3=O)cc21. The summed E-state index contributed by atoms with van der Waals surface area (Å²) in [7, 11) is 1.64. The third-order valence-corrected chi connectivity index (χ3v) is 6.35. The molecule has 8 heteroatoms. The maximum absolute atomic E-state index is 13.0. The van der Waals surface area contributed by atoms with Crippen LogP contribution in [0.2, 0.25) is 0 Å². The minimum atomic E-state index is -0.259. The molecular weight excluding hydrogens is 414 g/mol. The summed E-state index contributed by atoms with van der Waals surface area (Å²) < 4.78 is 6.72. The number of hydrogen-bond donors (Lipinski definition) is 0. The van der Waals surface area contributed by atoms with Gasteiger partial charge < -0.3 is 9.64 Å². The van der Waals surface area contributed by atoms with Crippen molar-refractivity contribution in [3.05, 3.63) is 76.8 Å². The van der Waals surface area contributed by atoms with Gasteiger partial charge in [0.05, 0.1) is 23.9 Å². The topological polar surface area (TPSA) is 81.5 Å². The van der Waals surface area contributed by atoms with Crippen LogP contribution >= 0.6 is 11.3 Å². The second kappa shape index (κ2) is 7.48. The number of rotatable bonds is 4. The minimum Gasteiger partial charge on any atom is -0.482 e. The Morgan fingerprint density at radius 2 is 1.94 bits per heavy atom. The van der Waals surface area contributed by atoms with Crippen LogP contribution in [0.5, 0.6) is 5.75 Å². The van der Waals surface area contributed by atoms with Crippen molar-refractivity contribution in [2.45, 2.75) is 6.54 Å². The van der Waals surface area contributed by atoms with Gasteiger partial charge in [-0.3, -0.25) is 19.0 Å². The summed E-state index contributed by atoms with van der Waals surface area (Å²) in [6.07, 6.45) is 1.41. The number of benzene rings is 2. The van der Waals surface area contributed by atoms with Crippen LogP contribution in [0.4, 0.5) is 5.69 Å². The molecule has 1 aliphatic heterocycles. The molecule has 2 aromatic heterocycles. The molecule has 0 bridgehead atoms. The molecule has 0 atom stereocenters. The largest absolute Gasteiger partial charge is 0.482 e. The zero-order valence-corrected chi connectivity index (χ0v) is 17.4. The van der Waals surface area contributed by atoms with Gasteiger partial charge in [0.15, 0.2) is 12.4 Å². The van der Waals surface area contributed by atoms with Crippen molar-refractivity contribution in [1.82, 2.24) is 9.55 Å². The third kappa shape index (κ3) is 3.40. The van der Waals surface area contributed by atoms with Gasteiger partial charge in [-0.25, -0.2) is 4.98 Å². The normalized spacial score (nSPS) is 13.2. The van der Waals surface area contributed by atoms with Crippen LogP contribution in [-0.2, 0) is 11.3 Å². The minimum absolute atomic E-state index is 0.0243. The lowest BCUT2D eigenvalue weighted by Crippen LogP contribution is -2.35. The Balaban J connectivity index is 1.45. The third-order valence-electron chi connectivity index (χ3n) is 5.26. The van der Waals surface area contributed by atoms with Gasteiger partial charge >= 0.3 is 0 Å². The van der Waals surface area contributed by atoms with Crippen LogP contribution in [0.3, 0.4) is 0 Å². The van der Waals surface area contributed by atoms with E-state index in [0.717, 1.165) is 10.4 Å². The van der Waals surface area contributed by atoms with E-state index in [1.165, 1.54) is 27.1 Å². The van der Waals surface area contributed by atoms with Gasteiger partial charge in [0.25, 0.3) is 11.5 Å². The zero-order chi connectivity index (χ0) is 21.5. The van der Waals surface area contributed by atoms with E-state index in [2.05, 4.69) is 4.98 Å². The second-order valence-corrected chi connectivity index (χ2v) is 8.25. The van der Waals surface area contributed by atoms with Gasteiger partial charge in [-0.1, -0.05) is 30.3 Å². The van der Waals surface area contributed by atoms with Gasteiger partial charge in [-0.05, 0) is 29.8 Å². The fraction of sp³-hybridized carbons (Fsp3) is 0.130. The predicted octanol–water partition coefficient (Wildman–Crippen LogP) is 3.36. The molecule has 4 aromatic rings. The Morgan fingerprint density at radius 1 is 1.13 bits per heavy atom. The van der Waals surface area contributed by atoms with E-state index in [1.807, 2.05) is 36.4 Å². The lowest BCUT2D eigenvalue weighted by Gasteiger charge is -2.26. The fourth-order valence-electron chi connectivity index (χ4n) is 3.51. The lowest BCUT2D eigenvalue weighted by atomic mass is 10.1. The molecule has 0 saturated heterocycles. The highest BCUT2D eigenvalue weighted by Gasteiger charge is 2.23. The highest BCUT2D eigenvalue weighted by atomic mass is 32.1. The van der Waals surface area contributed by atoms with Gasteiger partial charge in [-0.15, -0.1) is 11.3 Å². The molecule has 2 aromatic carbocycles. The molecule has 0 N–H and O–H groups in total. The number of likely N-dealkylation sites (N-methyl/N-ethyl adjacent to an activating group) is 1. The summed E-state index contributed by atoms with van der Waals surface area (Å²) >= 11 is 1.44. The predicted molar refractivity (Wildman–Crippen MR) is 119 cm³/mol. The van der Waals surface area contributed by atoms with Gasteiger partial charge in [0.2, 0.25) is 0 Å². The van der Waals surface area contributed by atoms with Crippen molar-refractivity contribution in [3.63, 3.8) is 0 Å². The fourth-order valence-corrected chi connectivity index (χ4v) is 4.50. The van der Waals surface area contributed by atoms with E-state index in [0.29, 0.717) is 27.2 Å². The Bertz CT molecular complexity index is 1390. The first-order valence-corrected chi connectivity index (χ1v) is 10.4. The number of anilines is 1. The molecule has 31 heavy (non-hydrogen) atoms. The summed E-state index contributed by atoms with van der Waals surface area (Å²) in [5.41, 5.74) is 1.69. The van der Waals surface area contributed by atoms with Crippen molar-refractivity contribution in [2.24, 2.45) is 0 Å². The maximum Gasteiger partial charge on any atom is 0.264 e. The molecule has 0 fully saturated rings. The standard InChI is InChI=1S/C23H17N3O4S/c1-25-17-9-15(7-8-19(17)30-12-21(25)28)18(27)11-26-13-24-22-16(23(26)29)10-20(31-22)14-5-3-2-4-6-14/h2-10,13H,11-12H2,1H3. The molecule has 1 amide bonds. The molecule has 0 spiro atoms. The molecule has 7 nitrogen and oxygen atoms in total. The smallest absolute Gasteiger partial charge is 0.264 e. The first kappa shape index (κ1) is 19.2. The summed E-state index contributed by atoms with van der Waals surface area (Å²) in [5, 5.41) is 0.489. The van der Waals surface area contributed by atoms with Crippen LogP contribution in [0.25, 0.3) is 20.7 Å². The van der Waals surface area contributed by atoms with E-state index in [9.17, 15) is 14.4 Å². The molecular formula is C23H17N3O4S. The lowest BCUT2D eigenvalue weighted by molar-refractivity contribution is -0.120. The van der Waals surface area contributed by atoms with Gasteiger partial charge in [0.1, 0.15) is 10.6 Å². The van der Waals surface area contributed by atoms with Crippen molar-refractivity contribution < 1.29 is 14.3 Å². The number of carbonyl (C=O) groups is 2. The number of amides is 1. The van der Waals surface area contributed by atoms with Gasteiger partial charge in [0, 0.05) is 17.5 Å². The Kier molecular flexibility index (Phi) is 4.63. The Morgan fingerprint density at radius 3 is 2.74 bits per heavy atom. The molecule has 0 saturated carbocycles. The first-order valence-electron chi connectivity index (χ1n) is 9.62. The second-order valence-electron chi connectivity index (χ2n) is 7.22. The van der Waals surface area contributed by atoms with E-state index in [4.69, 9.17) is 4.74 Å². The number of hydrogen-bond acceptors (Lipinski definition) is 6. The average Bonchev–Trinajstić information content (AvgIpc) is 3.24. The summed E-state index contributed by atoms with van der Waals surface area (Å²) in [6.45, 7) is -0.168. The highest BCUT2D eigenvalue weighted by molar-refractivity contribution is 7.21. The van der Waals surface area contributed by atoms with E-state index >= 15 is 0 Å². The zero-order valence-electron chi connectivity index (χ0n) is 16.6. The molecule has 0 aliphatic carbocycles. The quantitative estimate of drug-likeness (QED) is 0.463. The van der Waals surface area contributed by atoms with E-state index in [1.54, 1.807) is 25.2 Å². The molecule has 154 valence electrons. The van der Waals surface area contributed by atoms with Crippen molar-refractivity contribution in [2.75, 3.05) is 18.6 Å². The number of Topliss-reactive ketones (excluding diaryl/α,β-unsaturated/α-hetero) is 1. The van der Waals surface area contributed by atoms with Crippen LogP contribution in [0.15, 0.2) is 65.7 Å². The summed E-state index contributed by atoms with van der Waals surface area (Å²) in [6, 6.07) is 16.5. The molecule has 1 aliphatic rings. The number of fused-ring (bicyclic) bond motifs is 2. The van der Waals surface area contributed by atoms with Crippen LogP contribution in [0, 0.1) is 0 Å². The summed E-state index contributed by atoms with van der Waals surface area (Å²) in [4.78, 5) is 45.1. The van der Waals surface area contributed by atoms with Crippen molar-refractivity contribution in [3.8, 4) is 16.2 Å². The van der Waals surface area contributed by atoms with Crippen molar-refractivity contribution >= 4 is 38.9 Å². The Hall–Kier alpha value is -3.78. The average molecular weight is 431 g/mol. The number of carbonyl (C=O) groups excluding carboxylic acids is 2. The summed E-state index contributed by atoms with van der Waals surface area (Å²) in [5.74, 6) is 0.108. The van der Waals surface area contributed by atoms with Crippen molar-refractivity contribution in [1.29, 1.82) is 0 Å². The monoisotopic (exact) mass is 431 g/mol. The maximum atomic E-state index is 13.0.